The predicted octanol–water partition coefficient (Wildman–Crippen LogP) is -0.195. The van der Waals surface area contributed by atoms with Gasteiger partial charge in [-0.05, 0) is 13.8 Å². The van der Waals surface area contributed by atoms with E-state index in [2.05, 4.69) is 29.3 Å². The van der Waals surface area contributed by atoms with Gasteiger partial charge in [0.1, 0.15) is 5.71 Å². The molecule has 2 amide bonds. The van der Waals surface area contributed by atoms with Crippen LogP contribution >= 0.6 is 0 Å². The highest BCUT2D eigenvalue weighted by Gasteiger charge is 2.27. The Morgan fingerprint density at radius 1 is 1.22 bits per heavy atom. The molecule has 0 aliphatic carbocycles. The molecular weight excluding hydrogens is 232 g/mol. The molecule has 18 heavy (non-hydrogen) atoms. The van der Waals surface area contributed by atoms with Gasteiger partial charge in [0.15, 0.2) is 0 Å². The molecule has 100 valence electrons. The highest BCUT2D eigenvalue weighted by molar-refractivity contribution is 6.39. The van der Waals surface area contributed by atoms with Crippen molar-refractivity contribution < 1.29 is 9.59 Å². The molecular formula is C12H20N4O2. The van der Waals surface area contributed by atoms with Crippen molar-refractivity contribution in [3.05, 3.63) is 0 Å². The monoisotopic (exact) mass is 252 g/mol. The smallest absolute Gasteiger partial charge is 0.270 e. The maximum absolute atomic E-state index is 12.2. The largest absolute Gasteiger partial charge is 0.335 e. The summed E-state index contributed by atoms with van der Waals surface area (Å²) < 4.78 is 0. The second-order valence-corrected chi connectivity index (χ2v) is 5.02. The molecule has 0 aromatic heterocycles. The molecule has 0 atom stereocenters. The Morgan fingerprint density at radius 3 is 2.39 bits per heavy atom. The molecule has 1 saturated heterocycles. The number of carbonyl (C=O) groups excluding carboxylic acids is 2. The van der Waals surface area contributed by atoms with Crippen LogP contribution in [0.5, 0.6) is 0 Å². The van der Waals surface area contributed by atoms with Gasteiger partial charge in [-0.15, -0.1) is 0 Å². The molecule has 0 radical (unpaired) electrons. The lowest BCUT2D eigenvalue weighted by molar-refractivity contribution is -0.126. The molecule has 1 N–H and O–H groups in total. The Morgan fingerprint density at radius 2 is 1.89 bits per heavy atom. The first-order valence-corrected chi connectivity index (χ1v) is 6.46. The number of hydrogen-bond acceptors (Lipinski definition) is 4. The van der Waals surface area contributed by atoms with Crippen molar-refractivity contribution in [2.45, 2.75) is 32.7 Å². The number of hydrogen-bond donors (Lipinski definition) is 1. The summed E-state index contributed by atoms with van der Waals surface area (Å²) in [7, 11) is 0. The Bertz CT molecular complexity index is 370. The normalized spacial score (nSPS) is 21.8. The molecule has 2 aliphatic heterocycles. The van der Waals surface area contributed by atoms with Crippen LogP contribution in [0.3, 0.4) is 0 Å². The maximum Gasteiger partial charge on any atom is 0.270 e. The van der Waals surface area contributed by atoms with E-state index in [1.54, 1.807) is 0 Å². The van der Waals surface area contributed by atoms with Crippen molar-refractivity contribution in [1.82, 2.24) is 15.2 Å². The number of piperazine rings is 1. The van der Waals surface area contributed by atoms with E-state index in [0.717, 1.165) is 26.2 Å². The van der Waals surface area contributed by atoms with Crippen molar-refractivity contribution in [3.8, 4) is 0 Å². The predicted molar refractivity (Wildman–Crippen MR) is 68.1 cm³/mol. The van der Waals surface area contributed by atoms with E-state index in [1.807, 2.05) is 4.90 Å². The minimum absolute atomic E-state index is 0.0293. The van der Waals surface area contributed by atoms with E-state index in [4.69, 9.17) is 0 Å². The summed E-state index contributed by atoms with van der Waals surface area (Å²) in [4.78, 5) is 27.3. The van der Waals surface area contributed by atoms with Crippen LogP contribution in [0.15, 0.2) is 5.10 Å². The third-order valence-electron chi connectivity index (χ3n) is 3.48. The Balaban J connectivity index is 1.90. The van der Waals surface area contributed by atoms with Gasteiger partial charge < -0.3 is 4.90 Å². The van der Waals surface area contributed by atoms with E-state index in [-0.39, 0.29) is 11.8 Å². The number of nitrogens with one attached hydrogen (secondary N) is 1. The topological polar surface area (TPSA) is 65.0 Å². The Kier molecular flexibility index (Phi) is 3.96. The quantitative estimate of drug-likeness (QED) is 0.740. The first-order valence-electron chi connectivity index (χ1n) is 6.46. The lowest BCUT2D eigenvalue weighted by Crippen LogP contribution is -2.52. The zero-order chi connectivity index (χ0) is 13.1. The molecule has 0 spiro atoms. The van der Waals surface area contributed by atoms with Gasteiger partial charge in [-0.2, -0.15) is 5.10 Å². The average Bonchev–Trinajstić information content (AvgIpc) is 2.39. The first kappa shape index (κ1) is 13.0. The molecule has 0 saturated carbocycles. The summed E-state index contributed by atoms with van der Waals surface area (Å²) in [6.07, 6.45) is 0.811. The van der Waals surface area contributed by atoms with Gasteiger partial charge in [0.2, 0.25) is 5.91 Å². The summed E-state index contributed by atoms with van der Waals surface area (Å²) >= 11 is 0. The average molecular weight is 252 g/mol. The molecule has 6 nitrogen and oxygen atoms in total. The molecule has 0 bridgehead atoms. The van der Waals surface area contributed by atoms with Crippen LogP contribution in [0, 0.1) is 0 Å². The Hall–Kier alpha value is -1.43. The fraction of sp³-hybridized carbons (Fsp3) is 0.750. The highest BCUT2D eigenvalue weighted by atomic mass is 16.2. The van der Waals surface area contributed by atoms with E-state index < -0.39 is 0 Å². The molecule has 0 aromatic rings. The van der Waals surface area contributed by atoms with Gasteiger partial charge >= 0.3 is 0 Å². The summed E-state index contributed by atoms with van der Waals surface area (Å²) in [5, 5.41) is 3.85. The van der Waals surface area contributed by atoms with Crippen LogP contribution in [-0.2, 0) is 9.59 Å². The van der Waals surface area contributed by atoms with Gasteiger partial charge in [0.05, 0.1) is 0 Å². The van der Waals surface area contributed by atoms with Crippen LogP contribution in [0.2, 0.25) is 0 Å². The van der Waals surface area contributed by atoms with Gasteiger partial charge in [0, 0.05) is 45.1 Å². The SMILES string of the molecule is CC(C)N1CCN(C(=O)C2=NNC(=O)CC2)CC1. The molecule has 6 heteroatoms. The molecule has 2 rings (SSSR count). The molecule has 0 aromatic carbocycles. The van der Waals surface area contributed by atoms with Crippen molar-refractivity contribution in [1.29, 1.82) is 0 Å². The van der Waals surface area contributed by atoms with Crippen molar-refractivity contribution >= 4 is 17.5 Å². The van der Waals surface area contributed by atoms with E-state index in [1.165, 1.54) is 0 Å². The molecule has 0 unspecified atom stereocenters. The minimum Gasteiger partial charge on any atom is -0.335 e. The third kappa shape index (κ3) is 2.87. The fourth-order valence-corrected chi connectivity index (χ4v) is 2.25. The van der Waals surface area contributed by atoms with Crippen molar-refractivity contribution in [2.75, 3.05) is 26.2 Å². The number of amides is 2. The van der Waals surface area contributed by atoms with Crippen LogP contribution in [0.1, 0.15) is 26.7 Å². The van der Waals surface area contributed by atoms with Crippen molar-refractivity contribution in [3.63, 3.8) is 0 Å². The fourth-order valence-electron chi connectivity index (χ4n) is 2.25. The van der Waals surface area contributed by atoms with Crippen LogP contribution in [0.4, 0.5) is 0 Å². The summed E-state index contributed by atoms with van der Waals surface area (Å²) in [6, 6.07) is 0.522. The highest BCUT2D eigenvalue weighted by Crippen LogP contribution is 2.09. The third-order valence-corrected chi connectivity index (χ3v) is 3.48. The van der Waals surface area contributed by atoms with E-state index in [9.17, 15) is 9.59 Å². The second kappa shape index (κ2) is 5.48. The lowest BCUT2D eigenvalue weighted by Gasteiger charge is -2.37. The standard InChI is InChI=1S/C12H20N4O2/c1-9(2)15-5-7-16(8-6-15)12(18)10-3-4-11(17)14-13-10/h9H,3-8H2,1-2H3,(H,14,17). The lowest BCUT2D eigenvalue weighted by atomic mass is 10.1. The zero-order valence-electron chi connectivity index (χ0n) is 11.0. The molecule has 1 fully saturated rings. The van der Waals surface area contributed by atoms with E-state index >= 15 is 0 Å². The van der Waals surface area contributed by atoms with Crippen molar-refractivity contribution in [2.24, 2.45) is 5.10 Å². The van der Waals surface area contributed by atoms with Crippen LogP contribution < -0.4 is 5.43 Å². The number of nitrogens with zero attached hydrogens (tertiary/aromatic N) is 3. The zero-order valence-corrected chi connectivity index (χ0v) is 11.0. The molecule has 2 aliphatic rings. The van der Waals surface area contributed by atoms with Crippen LogP contribution in [-0.4, -0.2) is 59.5 Å². The minimum atomic E-state index is -0.115. The maximum atomic E-state index is 12.2. The number of hydrazone groups is 1. The van der Waals surface area contributed by atoms with Gasteiger partial charge in [-0.1, -0.05) is 0 Å². The summed E-state index contributed by atoms with van der Waals surface area (Å²) in [6.45, 7) is 7.62. The summed E-state index contributed by atoms with van der Waals surface area (Å²) in [5.41, 5.74) is 2.85. The first-order chi connectivity index (χ1) is 8.58. The number of carbonyl (C=O) groups is 2. The number of rotatable bonds is 2. The van der Waals surface area contributed by atoms with Gasteiger partial charge in [-0.25, -0.2) is 5.43 Å². The van der Waals surface area contributed by atoms with Gasteiger partial charge in [0.25, 0.3) is 5.91 Å². The Labute approximate surface area is 107 Å². The van der Waals surface area contributed by atoms with Crippen LogP contribution in [0.25, 0.3) is 0 Å². The molecule has 2 heterocycles. The van der Waals surface area contributed by atoms with E-state index in [0.29, 0.717) is 24.6 Å². The summed E-state index contributed by atoms with van der Waals surface area (Å²) in [5.74, 6) is -0.144. The van der Waals surface area contributed by atoms with Gasteiger partial charge in [-0.3, -0.25) is 14.5 Å². The second-order valence-electron chi connectivity index (χ2n) is 5.02.